The Bertz CT molecular complexity index is 604. The molecule has 0 atom stereocenters. The molecule has 0 unspecified atom stereocenters. The van der Waals surface area contributed by atoms with Crippen LogP contribution in [0.4, 0.5) is 5.69 Å². The predicted octanol–water partition coefficient (Wildman–Crippen LogP) is 2.46. The van der Waals surface area contributed by atoms with Gasteiger partial charge in [-0.15, -0.1) is 0 Å². The highest BCUT2D eigenvalue weighted by atomic mass is 16.3. The van der Waals surface area contributed by atoms with Gasteiger partial charge < -0.3 is 9.73 Å². The zero-order chi connectivity index (χ0) is 14.4. The molecule has 1 amide bonds. The Morgan fingerprint density at radius 3 is 2.85 bits per heavy atom. The van der Waals surface area contributed by atoms with Gasteiger partial charge in [-0.2, -0.15) is 5.10 Å². The summed E-state index contributed by atoms with van der Waals surface area (Å²) >= 11 is 0. The Kier molecular flexibility index (Phi) is 4.55. The highest BCUT2D eigenvalue weighted by Crippen LogP contribution is 2.13. The standard InChI is InChI=1S/C15H17N3O2/c1-11-5-6-13(8-12(11)2)16-10-15(19)18-17-9-14-4-3-7-20-14/h3-9,16H,10H2,1-2H3,(H,18,19)/b17-9+. The normalized spacial score (nSPS) is 10.7. The van der Waals surface area contributed by atoms with Crippen molar-refractivity contribution in [3.63, 3.8) is 0 Å². The van der Waals surface area contributed by atoms with E-state index in [2.05, 4.69) is 22.8 Å². The summed E-state index contributed by atoms with van der Waals surface area (Å²) in [4.78, 5) is 11.6. The van der Waals surface area contributed by atoms with Crippen LogP contribution in [0.25, 0.3) is 0 Å². The Hall–Kier alpha value is -2.56. The minimum Gasteiger partial charge on any atom is -0.463 e. The Balaban J connectivity index is 1.78. The van der Waals surface area contributed by atoms with E-state index < -0.39 is 0 Å². The third-order valence-corrected chi connectivity index (χ3v) is 2.88. The second-order valence-corrected chi connectivity index (χ2v) is 4.46. The molecule has 0 fully saturated rings. The first-order chi connectivity index (χ1) is 9.65. The zero-order valence-corrected chi connectivity index (χ0v) is 11.5. The van der Waals surface area contributed by atoms with Crippen LogP contribution in [-0.4, -0.2) is 18.7 Å². The van der Waals surface area contributed by atoms with Crippen molar-refractivity contribution in [1.29, 1.82) is 0 Å². The number of carbonyl (C=O) groups excluding carboxylic acids is 1. The van der Waals surface area contributed by atoms with Gasteiger partial charge in [0.25, 0.3) is 5.91 Å². The maximum Gasteiger partial charge on any atom is 0.259 e. The zero-order valence-electron chi connectivity index (χ0n) is 11.5. The number of furan rings is 1. The van der Waals surface area contributed by atoms with Gasteiger partial charge >= 0.3 is 0 Å². The fourth-order valence-corrected chi connectivity index (χ4v) is 1.61. The van der Waals surface area contributed by atoms with Gasteiger partial charge in [-0.25, -0.2) is 5.43 Å². The Labute approximate surface area is 117 Å². The van der Waals surface area contributed by atoms with E-state index in [4.69, 9.17) is 4.42 Å². The quantitative estimate of drug-likeness (QED) is 0.648. The van der Waals surface area contributed by atoms with Crippen LogP contribution in [0.1, 0.15) is 16.9 Å². The topological polar surface area (TPSA) is 66.6 Å². The molecule has 2 aromatic rings. The maximum atomic E-state index is 11.6. The minimum absolute atomic E-state index is 0.165. The fourth-order valence-electron chi connectivity index (χ4n) is 1.61. The van der Waals surface area contributed by atoms with Crippen LogP contribution in [0.15, 0.2) is 46.1 Å². The second-order valence-electron chi connectivity index (χ2n) is 4.46. The number of hydrazone groups is 1. The molecule has 0 radical (unpaired) electrons. The number of aryl methyl sites for hydroxylation is 2. The van der Waals surface area contributed by atoms with Crippen molar-refractivity contribution in [3.8, 4) is 0 Å². The van der Waals surface area contributed by atoms with Gasteiger partial charge in [0.1, 0.15) is 5.76 Å². The number of carbonyl (C=O) groups is 1. The predicted molar refractivity (Wildman–Crippen MR) is 78.9 cm³/mol. The molecule has 0 spiro atoms. The van der Waals surface area contributed by atoms with Gasteiger partial charge in [0.15, 0.2) is 0 Å². The highest BCUT2D eigenvalue weighted by molar-refractivity contribution is 5.83. The third-order valence-electron chi connectivity index (χ3n) is 2.88. The molecule has 5 heteroatoms. The van der Waals surface area contributed by atoms with E-state index in [9.17, 15) is 4.79 Å². The number of anilines is 1. The van der Waals surface area contributed by atoms with Gasteiger partial charge in [-0.05, 0) is 49.2 Å². The van der Waals surface area contributed by atoms with Crippen molar-refractivity contribution < 1.29 is 9.21 Å². The molecule has 2 rings (SSSR count). The SMILES string of the molecule is Cc1ccc(NCC(=O)N/N=C/c2ccco2)cc1C. The monoisotopic (exact) mass is 271 g/mol. The smallest absolute Gasteiger partial charge is 0.259 e. The average molecular weight is 271 g/mol. The lowest BCUT2D eigenvalue weighted by atomic mass is 10.1. The van der Waals surface area contributed by atoms with E-state index in [1.54, 1.807) is 18.4 Å². The minimum atomic E-state index is -0.217. The lowest BCUT2D eigenvalue weighted by molar-refractivity contribution is -0.119. The Morgan fingerprint density at radius 1 is 1.30 bits per heavy atom. The second kappa shape index (κ2) is 6.56. The van der Waals surface area contributed by atoms with E-state index in [-0.39, 0.29) is 12.5 Å². The summed E-state index contributed by atoms with van der Waals surface area (Å²) in [5.41, 5.74) is 5.75. The van der Waals surface area contributed by atoms with E-state index in [1.807, 2.05) is 25.1 Å². The van der Waals surface area contributed by atoms with Crippen molar-refractivity contribution in [2.24, 2.45) is 5.10 Å². The van der Waals surface area contributed by atoms with Crippen molar-refractivity contribution in [1.82, 2.24) is 5.43 Å². The highest BCUT2D eigenvalue weighted by Gasteiger charge is 2.00. The number of nitrogens with zero attached hydrogens (tertiary/aromatic N) is 1. The first-order valence-electron chi connectivity index (χ1n) is 6.31. The van der Waals surface area contributed by atoms with Crippen LogP contribution >= 0.6 is 0 Å². The number of benzene rings is 1. The first-order valence-corrected chi connectivity index (χ1v) is 6.31. The van der Waals surface area contributed by atoms with E-state index >= 15 is 0 Å². The van der Waals surface area contributed by atoms with Gasteiger partial charge in [0, 0.05) is 5.69 Å². The van der Waals surface area contributed by atoms with Crippen molar-refractivity contribution >= 4 is 17.8 Å². The molecule has 1 aromatic carbocycles. The van der Waals surface area contributed by atoms with Crippen molar-refractivity contribution in [2.75, 3.05) is 11.9 Å². The fraction of sp³-hybridized carbons (Fsp3) is 0.200. The van der Waals surface area contributed by atoms with Crippen LogP contribution < -0.4 is 10.7 Å². The molecule has 0 aliphatic rings. The first kappa shape index (κ1) is 13.9. The molecule has 2 N–H and O–H groups in total. The maximum absolute atomic E-state index is 11.6. The molecule has 0 bridgehead atoms. The summed E-state index contributed by atoms with van der Waals surface area (Å²) in [6.07, 6.45) is 3.00. The Morgan fingerprint density at radius 2 is 2.15 bits per heavy atom. The van der Waals surface area contributed by atoms with Crippen LogP contribution in [0, 0.1) is 13.8 Å². The third kappa shape index (κ3) is 3.98. The summed E-state index contributed by atoms with van der Waals surface area (Å²) in [5, 5.41) is 6.85. The van der Waals surface area contributed by atoms with Crippen LogP contribution in [-0.2, 0) is 4.79 Å². The molecule has 104 valence electrons. The largest absolute Gasteiger partial charge is 0.463 e. The van der Waals surface area contributed by atoms with Crippen molar-refractivity contribution in [3.05, 3.63) is 53.5 Å². The van der Waals surface area contributed by atoms with E-state index in [1.165, 1.54) is 17.3 Å². The number of nitrogens with one attached hydrogen (secondary N) is 2. The molecule has 0 aliphatic carbocycles. The van der Waals surface area contributed by atoms with Crippen molar-refractivity contribution in [2.45, 2.75) is 13.8 Å². The van der Waals surface area contributed by atoms with Gasteiger partial charge in [0.05, 0.1) is 19.0 Å². The summed E-state index contributed by atoms with van der Waals surface area (Å²) in [6, 6.07) is 9.48. The number of amides is 1. The summed E-state index contributed by atoms with van der Waals surface area (Å²) < 4.78 is 5.05. The molecular formula is C15H17N3O2. The van der Waals surface area contributed by atoms with Gasteiger partial charge in [-0.1, -0.05) is 6.07 Å². The molecular weight excluding hydrogens is 254 g/mol. The molecule has 20 heavy (non-hydrogen) atoms. The lowest BCUT2D eigenvalue weighted by Gasteiger charge is -2.07. The lowest BCUT2D eigenvalue weighted by Crippen LogP contribution is -2.25. The van der Waals surface area contributed by atoms with Gasteiger partial charge in [-0.3, -0.25) is 4.79 Å². The molecule has 1 heterocycles. The van der Waals surface area contributed by atoms with E-state index in [0.29, 0.717) is 5.76 Å². The molecule has 0 saturated heterocycles. The van der Waals surface area contributed by atoms with Gasteiger partial charge in [0.2, 0.25) is 0 Å². The summed E-state index contributed by atoms with van der Waals surface area (Å²) in [6.45, 7) is 4.25. The molecule has 0 aliphatic heterocycles. The average Bonchev–Trinajstić information content (AvgIpc) is 2.93. The molecule has 5 nitrogen and oxygen atoms in total. The van der Waals surface area contributed by atoms with Crippen LogP contribution in [0.5, 0.6) is 0 Å². The van der Waals surface area contributed by atoms with E-state index in [0.717, 1.165) is 5.69 Å². The molecule has 1 aromatic heterocycles. The van der Waals surface area contributed by atoms with Crippen LogP contribution in [0.3, 0.4) is 0 Å². The molecule has 0 saturated carbocycles. The van der Waals surface area contributed by atoms with Crippen LogP contribution in [0.2, 0.25) is 0 Å². The number of hydrogen-bond donors (Lipinski definition) is 2. The number of hydrogen-bond acceptors (Lipinski definition) is 4. The summed E-state index contributed by atoms with van der Waals surface area (Å²) in [7, 11) is 0. The summed E-state index contributed by atoms with van der Waals surface area (Å²) in [5.74, 6) is 0.374. The number of rotatable bonds is 5.